The second-order valence-corrected chi connectivity index (χ2v) is 5.83. The van der Waals surface area contributed by atoms with Gasteiger partial charge in [-0.25, -0.2) is 10.4 Å². The van der Waals surface area contributed by atoms with Crippen molar-refractivity contribution < 1.29 is 4.74 Å². The number of halogens is 2. The maximum atomic E-state index is 11.3. The number of aromatic nitrogens is 2. The molecule has 2 N–H and O–H groups in total. The van der Waals surface area contributed by atoms with Crippen LogP contribution in [0.2, 0.25) is 0 Å². The van der Waals surface area contributed by atoms with Gasteiger partial charge in [-0.15, -0.1) is 0 Å². The van der Waals surface area contributed by atoms with E-state index in [0.717, 1.165) is 14.5 Å². The van der Waals surface area contributed by atoms with E-state index in [4.69, 9.17) is 4.74 Å². The number of rotatable bonds is 4. The lowest BCUT2D eigenvalue weighted by molar-refractivity contribution is 0.409. The summed E-state index contributed by atoms with van der Waals surface area (Å²) in [5, 5.41) is 4.04. The third kappa shape index (κ3) is 4.15. The topological polar surface area (TPSA) is 79.4 Å². The van der Waals surface area contributed by atoms with Gasteiger partial charge in [0.15, 0.2) is 0 Å². The van der Waals surface area contributed by atoms with Crippen LogP contribution in [0.5, 0.6) is 5.75 Å². The summed E-state index contributed by atoms with van der Waals surface area (Å²) in [6, 6.07) is 5.13. The molecule has 2 aromatic rings. The number of hydrogen-bond acceptors (Lipinski definition) is 5. The molecule has 0 bridgehead atoms. The second kappa shape index (κ2) is 6.86. The second-order valence-electron chi connectivity index (χ2n) is 4.12. The Balaban J connectivity index is 2.16. The van der Waals surface area contributed by atoms with E-state index in [1.54, 1.807) is 20.2 Å². The summed E-state index contributed by atoms with van der Waals surface area (Å²) in [6.45, 7) is 1.74. The van der Waals surface area contributed by atoms with E-state index in [0.29, 0.717) is 17.4 Å². The van der Waals surface area contributed by atoms with Gasteiger partial charge in [0.2, 0.25) is 5.95 Å². The van der Waals surface area contributed by atoms with E-state index >= 15 is 0 Å². The third-order valence-electron chi connectivity index (χ3n) is 2.48. The van der Waals surface area contributed by atoms with Crippen molar-refractivity contribution in [2.45, 2.75) is 6.92 Å². The molecule has 8 heteroatoms. The fourth-order valence-corrected chi connectivity index (χ4v) is 3.19. The Labute approximate surface area is 137 Å². The highest BCUT2D eigenvalue weighted by atomic mass is 79.9. The van der Waals surface area contributed by atoms with Gasteiger partial charge in [0.25, 0.3) is 5.56 Å². The SMILES string of the molecule is COc1c(Br)cc(/C=N\Nc2nc(C)cc(=O)[nH]2)cc1Br. The number of anilines is 1. The first-order valence-corrected chi connectivity index (χ1v) is 7.48. The van der Waals surface area contributed by atoms with Crippen LogP contribution in [0.4, 0.5) is 5.95 Å². The van der Waals surface area contributed by atoms with Crippen LogP contribution in [-0.2, 0) is 0 Å². The fourth-order valence-electron chi connectivity index (χ4n) is 1.65. The first-order chi connectivity index (χ1) is 9.99. The zero-order valence-electron chi connectivity index (χ0n) is 11.3. The van der Waals surface area contributed by atoms with E-state index in [1.807, 2.05) is 12.1 Å². The number of nitrogens with zero attached hydrogens (tertiary/aromatic N) is 2. The molecule has 0 amide bonds. The average Bonchev–Trinajstić information content (AvgIpc) is 2.37. The molecular weight excluding hydrogens is 404 g/mol. The summed E-state index contributed by atoms with van der Waals surface area (Å²) in [4.78, 5) is 17.9. The van der Waals surface area contributed by atoms with Crippen LogP contribution in [0.1, 0.15) is 11.3 Å². The molecule has 1 aromatic carbocycles. The highest BCUT2D eigenvalue weighted by Gasteiger charge is 2.06. The molecule has 0 fully saturated rings. The molecule has 110 valence electrons. The first kappa shape index (κ1) is 15.7. The number of aryl methyl sites for hydroxylation is 1. The van der Waals surface area contributed by atoms with Gasteiger partial charge in [0.1, 0.15) is 5.75 Å². The predicted molar refractivity (Wildman–Crippen MR) is 89.2 cm³/mol. The summed E-state index contributed by atoms with van der Waals surface area (Å²) in [6.07, 6.45) is 1.61. The van der Waals surface area contributed by atoms with Crippen molar-refractivity contribution in [1.29, 1.82) is 0 Å². The van der Waals surface area contributed by atoms with E-state index in [9.17, 15) is 4.79 Å². The largest absolute Gasteiger partial charge is 0.494 e. The van der Waals surface area contributed by atoms with Crippen molar-refractivity contribution in [3.8, 4) is 5.75 Å². The summed E-state index contributed by atoms with van der Waals surface area (Å²) >= 11 is 6.83. The molecule has 0 unspecified atom stereocenters. The number of ether oxygens (including phenoxy) is 1. The van der Waals surface area contributed by atoms with Crippen molar-refractivity contribution in [2.24, 2.45) is 5.10 Å². The fraction of sp³-hybridized carbons (Fsp3) is 0.154. The van der Waals surface area contributed by atoms with E-state index in [2.05, 4.69) is 52.4 Å². The van der Waals surface area contributed by atoms with Crippen LogP contribution < -0.4 is 15.7 Å². The smallest absolute Gasteiger partial charge is 0.252 e. The number of H-pyrrole nitrogens is 1. The van der Waals surface area contributed by atoms with Crippen LogP contribution >= 0.6 is 31.9 Å². The molecule has 0 aliphatic rings. The number of hydrogen-bond donors (Lipinski definition) is 2. The van der Waals surface area contributed by atoms with Crippen LogP contribution in [0.15, 0.2) is 37.0 Å². The van der Waals surface area contributed by atoms with Gasteiger partial charge < -0.3 is 4.74 Å². The minimum Gasteiger partial charge on any atom is -0.494 e. The van der Waals surface area contributed by atoms with Gasteiger partial charge in [-0.1, -0.05) is 0 Å². The number of aromatic amines is 1. The van der Waals surface area contributed by atoms with Crippen molar-refractivity contribution in [2.75, 3.05) is 12.5 Å². The Hall–Kier alpha value is -1.67. The van der Waals surface area contributed by atoms with E-state index in [1.165, 1.54) is 6.07 Å². The Morgan fingerprint density at radius 1 is 1.33 bits per heavy atom. The molecule has 21 heavy (non-hydrogen) atoms. The highest BCUT2D eigenvalue weighted by Crippen LogP contribution is 2.33. The zero-order chi connectivity index (χ0) is 15.4. The van der Waals surface area contributed by atoms with Crippen molar-refractivity contribution >= 4 is 44.0 Å². The van der Waals surface area contributed by atoms with Crippen LogP contribution in [0, 0.1) is 6.92 Å². The maximum absolute atomic E-state index is 11.3. The van der Waals surface area contributed by atoms with Gasteiger partial charge in [-0.2, -0.15) is 5.10 Å². The monoisotopic (exact) mass is 414 g/mol. The van der Waals surface area contributed by atoms with E-state index < -0.39 is 0 Å². The van der Waals surface area contributed by atoms with Gasteiger partial charge in [0, 0.05) is 11.8 Å². The van der Waals surface area contributed by atoms with Crippen molar-refractivity contribution in [3.63, 3.8) is 0 Å². The lowest BCUT2D eigenvalue weighted by atomic mass is 10.2. The Morgan fingerprint density at radius 2 is 2.00 bits per heavy atom. The molecule has 0 atom stereocenters. The molecule has 2 rings (SSSR count). The average molecular weight is 416 g/mol. The van der Waals surface area contributed by atoms with Crippen LogP contribution in [-0.4, -0.2) is 23.3 Å². The van der Waals surface area contributed by atoms with Crippen LogP contribution in [0.3, 0.4) is 0 Å². The Morgan fingerprint density at radius 3 is 2.57 bits per heavy atom. The standard InChI is InChI=1S/C13H12Br2N4O2/c1-7-3-11(20)18-13(17-7)19-16-6-8-4-9(14)12(21-2)10(15)5-8/h3-6H,1-2H3,(H2,17,18,19,20)/b16-6-. The van der Waals surface area contributed by atoms with Gasteiger partial charge in [-0.3, -0.25) is 9.78 Å². The number of nitrogens with one attached hydrogen (secondary N) is 2. The summed E-state index contributed by atoms with van der Waals surface area (Å²) in [7, 11) is 1.60. The number of methoxy groups -OCH3 is 1. The minimum absolute atomic E-state index is 0.227. The lowest BCUT2D eigenvalue weighted by Gasteiger charge is -2.06. The molecule has 6 nitrogen and oxygen atoms in total. The summed E-state index contributed by atoms with van der Waals surface area (Å²) in [5.74, 6) is 1.01. The number of benzene rings is 1. The Kier molecular flexibility index (Phi) is 5.13. The van der Waals surface area contributed by atoms with Crippen LogP contribution in [0.25, 0.3) is 0 Å². The molecule has 0 saturated carbocycles. The molecule has 0 radical (unpaired) electrons. The third-order valence-corrected chi connectivity index (χ3v) is 3.66. The molecule has 0 aliphatic carbocycles. The van der Waals surface area contributed by atoms with Gasteiger partial charge >= 0.3 is 0 Å². The summed E-state index contributed by atoms with van der Waals surface area (Å²) in [5.41, 5.74) is 3.92. The zero-order valence-corrected chi connectivity index (χ0v) is 14.4. The molecular formula is C13H12Br2N4O2. The summed E-state index contributed by atoms with van der Waals surface area (Å²) < 4.78 is 6.84. The first-order valence-electron chi connectivity index (χ1n) is 5.89. The van der Waals surface area contributed by atoms with Gasteiger partial charge in [-0.05, 0) is 56.5 Å². The van der Waals surface area contributed by atoms with Gasteiger partial charge in [0.05, 0.1) is 22.3 Å². The normalized spacial score (nSPS) is 10.9. The van der Waals surface area contributed by atoms with Crippen molar-refractivity contribution in [1.82, 2.24) is 9.97 Å². The highest BCUT2D eigenvalue weighted by molar-refractivity contribution is 9.11. The molecule has 0 aliphatic heterocycles. The molecule has 1 heterocycles. The quantitative estimate of drug-likeness (QED) is 0.594. The minimum atomic E-state index is -0.227. The van der Waals surface area contributed by atoms with E-state index in [-0.39, 0.29) is 5.56 Å². The number of hydrazone groups is 1. The molecule has 0 spiro atoms. The Bertz CT molecular complexity index is 720. The molecule has 1 aromatic heterocycles. The lowest BCUT2D eigenvalue weighted by Crippen LogP contribution is -2.10. The predicted octanol–water partition coefficient (Wildman–Crippen LogP) is 3.06. The molecule has 0 saturated heterocycles. The maximum Gasteiger partial charge on any atom is 0.252 e. The van der Waals surface area contributed by atoms with Crippen molar-refractivity contribution in [3.05, 3.63) is 48.8 Å².